The number of β-amino-alcohol motifs (C(OH)–C–C–N with tert-alkyl or cyclic N) is 1. The van der Waals surface area contributed by atoms with Gasteiger partial charge in [-0.1, -0.05) is 5.11 Å². The first-order valence-electron chi connectivity index (χ1n) is 3.85. The molecule has 13 heavy (non-hydrogen) atoms. The summed E-state index contributed by atoms with van der Waals surface area (Å²) in [4.78, 5) is 14.2. The zero-order valence-electron chi connectivity index (χ0n) is 6.87. The predicted molar refractivity (Wildman–Crippen MR) is 43.2 cm³/mol. The Morgan fingerprint density at radius 1 is 1.69 bits per heavy atom. The van der Waals surface area contributed by atoms with Crippen LogP contribution in [-0.4, -0.2) is 46.4 Å². The molecule has 2 atom stereocenters. The number of amides is 1. The second-order valence-electron chi connectivity index (χ2n) is 2.86. The average Bonchev–Trinajstić information content (AvgIpc) is 2.08. The molecule has 72 valence electrons. The van der Waals surface area contributed by atoms with Crippen molar-refractivity contribution in [1.82, 2.24) is 4.90 Å². The van der Waals surface area contributed by atoms with E-state index in [2.05, 4.69) is 10.0 Å². The highest BCUT2D eigenvalue weighted by Crippen LogP contribution is 2.14. The molecule has 7 nitrogen and oxygen atoms in total. The number of hydrogen-bond donors (Lipinski definition) is 2. The van der Waals surface area contributed by atoms with Crippen molar-refractivity contribution in [2.24, 2.45) is 5.11 Å². The summed E-state index contributed by atoms with van der Waals surface area (Å²) in [5.41, 5.74) is 8.13. The molecule has 0 spiro atoms. The van der Waals surface area contributed by atoms with Gasteiger partial charge in [-0.2, -0.15) is 0 Å². The first kappa shape index (κ1) is 9.63. The summed E-state index contributed by atoms with van der Waals surface area (Å²) in [6, 6.07) is -0.499. The summed E-state index contributed by atoms with van der Waals surface area (Å²) in [5, 5.41) is 21.3. The molecular formula is C6H10N4O3. The molecule has 1 saturated heterocycles. The van der Waals surface area contributed by atoms with Crippen LogP contribution in [0.3, 0.4) is 0 Å². The number of carbonyl (C=O) groups is 1. The van der Waals surface area contributed by atoms with Crippen molar-refractivity contribution in [1.29, 1.82) is 0 Å². The van der Waals surface area contributed by atoms with Crippen LogP contribution < -0.4 is 0 Å². The normalized spacial score (nSPS) is 27.9. The lowest BCUT2D eigenvalue weighted by Gasteiger charge is -2.31. The summed E-state index contributed by atoms with van der Waals surface area (Å²) in [6.07, 6.45) is -1.57. The molecule has 7 heteroatoms. The third-order valence-corrected chi connectivity index (χ3v) is 2.02. The minimum absolute atomic E-state index is 0.0129. The van der Waals surface area contributed by atoms with Crippen LogP contribution in [0.15, 0.2) is 5.11 Å². The van der Waals surface area contributed by atoms with Crippen molar-refractivity contribution < 1.29 is 15.0 Å². The maximum Gasteiger partial charge on any atom is 0.407 e. The van der Waals surface area contributed by atoms with Crippen molar-refractivity contribution in [3.63, 3.8) is 0 Å². The maximum absolute atomic E-state index is 10.5. The van der Waals surface area contributed by atoms with Crippen molar-refractivity contribution in [3.05, 3.63) is 10.4 Å². The summed E-state index contributed by atoms with van der Waals surface area (Å²) in [6.45, 7) is 0.315. The number of azide groups is 1. The summed E-state index contributed by atoms with van der Waals surface area (Å²) in [7, 11) is 0. The minimum atomic E-state index is -1.06. The number of piperidine rings is 1. The molecule has 0 bridgehead atoms. The molecule has 0 radical (unpaired) electrons. The molecule has 1 aliphatic rings. The molecule has 0 aliphatic carbocycles. The second kappa shape index (κ2) is 3.97. The van der Waals surface area contributed by atoms with Gasteiger partial charge in [0, 0.05) is 11.5 Å². The molecule has 1 amide bonds. The van der Waals surface area contributed by atoms with E-state index in [1.807, 2.05) is 0 Å². The van der Waals surface area contributed by atoms with Gasteiger partial charge in [-0.15, -0.1) is 0 Å². The number of likely N-dealkylation sites (tertiary alicyclic amines) is 1. The molecule has 0 unspecified atom stereocenters. The van der Waals surface area contributed by atoms with Gasteiger partial charge in [0.1, 0.15) is 0 Å². The zero-order valence-corrected chi connectivity index (χ0v) is 6.87. The lowest BCUT2D eigenvalue weighted by Crippen LogP contribution is -2.47. The van der Waals surface area contributed by atoms with Gasteiger partial charge in [-0.3, -0.25) is 0 Å². The molecule has 0 aromatic rings. The van der Waals surface area contributed by atoms with E-state index in [-0.39, 0.29) is 6.54 Å². The molecule has 1 rings (SSSR count). The topological polar surface area (TPSA) is 110 Å². The third-order valence-electron chi connectivity index (χ3n) is 2.02. The smallest absolute Gasteiger partial charge is 0.407 e. The van der Waals surface area contributed by atoms with Gasteiger partial charge in [0.15, 0.2) is 0 Å². The highest BCUT2D eigenvalue weighted by Gasteiger charge is 2.28. The van der Waals surface area contributed by atoms with E-state index in [0.29, 0.717) is 13.0 Å². The van der Waals surface area contributed by atoms with Crippen LogP contribution in [0.25, 0.3) is 10.4 Å². The number of aliphatic hydroxyl groups is 1. The average molecular weight is 186 g/mol. The van der Waals surface area contributed by atoms with E-state index in [4.69, 9.17) is 10.6 Å². The maximum atomic E-state index is 10.5. The van der Waals surface area contributed by atoms with Crippen molar-refractivity contribution in [2.75, 3.05) is 13.1 Å². The van der Waals surface area contributed by atoms with Crippen molar-refractivity contribution >= 4 is 6.09 Å². The standard InChI is InChI=1S/C6H10N4O3/c7-9-8-4-1-2-10(6(12)13)3-5(4)11/h4-5,11H,1-3H2,(H,12,13)/t4-,5-/m1/s1. The number of rotatable bonds is 1. The molecule has 1 aliphatic heterocycles. The molecule has 1 fully saturated rings. The van der Waals surface area contributed by atoms with Crippen LogP contribution in [0.5, 0.6) is 0 Å². The van der Waals surface area contributed by atoms with Crippen LogP contribution >= 0.6 is 0 Å². The summed E-state index contributed by atoms with van der Waals surface area (Å²) >= 11 is 0. The fourth-order valence-electron chi connectivity index (χ4n) is 1.29. The van der Waals surface area contributed by atoms with Crippen molar-refractivity contribution in [2.45, 2.75) is 18.6 Å². The number of carboxylic acid groups (broad SMARTS) is 1. The van der Waals surface area contributed by atoms with Gasteiger partial charge in [0.2, 0.25) is 0 Å². The van der Waals surface area contributed by atoms with Crippen LogP contribution in [0, 0.1) is 0 Å². The summed E-state index contributed by atoms with van der Waals surface area (Å²) < 4.78 is 0. The Labute approximate surface area is 74.2 Å². The van der Waals surface area contributed by atoms with E-state index in [9.17, 15) is 9.90 Å². The lowest BCUT2D eigenvalue weighted by atomic mass is 10.0. The fraction of sp³-hybridized carbons (Fsp3) is 0.833. The van der Waals surface area contributed by atoms with E-state index in [1.165, 1.54) is 0 Å². The highest BCUT2D eigenvalue weighted by atomic mass is 16.4. The highest BCUT2D eigenvalue weighted by molar-refractivity contribution is 5.65. The third kappa shape index (κ3) is 2.24. The van der Waals surface area contributed by atoms with Gasteiger partial charge in [-0.25, -0.2) is 4.79 Å². The van der Waals surface area contributed by atoms with Gasteiger partial charge in [0.05, 0.1) is 18.7 Å². The first-order valence-corrected chi connectivity index (χ1v) is 3.85. The quantitative estimate of drug-likeness (QED) is 0.351. The number of nitrogens with zero attached hydrogens (tertiary/aromatic N) is 4. The van der Waals surface area contributed by atoms with E-state index >= 15 is 0 Å². The molecular weight excluding hydrogens is 176 g/mol. The Kier molecular flexibility index (Phi) is 2.94. The van der Waals surface area contributed by atoms with Gasteiger partial charge >= 0.3 is 6.09 Å². The van der Waals surface area contributed by atoms with Gasteiger partial charge in [0.25, 0.3) is 0 Å². The Bertz CT molecular complexity index is 250. The molecule has 1 heterocycles. The Hall–Kier alpha value is -1.46. The first-order chi connectivity index (χ1) is 6.15. The Morgan fingerprint density at radius 3 is 2.85 bits per heavy atom. The lowest BCUT2D eigenvalue weighted by molar-refractivity contribution is 0.0525. The zero-order chi connectivity index (χ0) is 9.84. The minimum Gasteiger partial charge on any atom is -0.465 e. The molecule has 2 N–H and O–H groups in total. The largest absolute Gasteiger partial charge is 0.465 e. The van der Waals surface area contributed by atoms with E-state index in [0.717, 1.165) is 4.90 Å². The molecule has 0 aromatic carbocycles. The van der Waals surface area contributed by atoms with Crippen LogP contribution in [0.2, 0.25) is 0 Å². The number of hydrogen-bond acceptors (Lipinski definition) is 3. The van der Waals surface area contributed by atoms with Gasteiger partial charge in [-0.05, 0) is 12.0 Å². The van der Waals surface area contributed by atoms with E-state index < -0.39 is 18.2 Å². The Balaban J connectivity index is 2.56. The van der Waals surface area contributed by atoms with E-state index in [1.54, 1.807) is 0 Å². The monoisotopic (exact) mass is 186 g/mol. The number of aliphatic hydroxyl groups excluding tert-OH is 1. The van der Waals surface area contributed by atoms with Crippen LogP contribution in [0.1, 0.15) is 6.42 Å². The molecule has 0 saturated carbocycles. The van der Waals surface area contributed by atoms with Crippen LogP contribution in [0.4, 0.5) is 4.79 Å². The molecule has 0 aromatic heterocycles. The van der Waals surface area contributed by atoms with Crippen LogP contribution in [-0.2, 0) is 0 Å². The SMILES string of the molecule is [N-]=[N+]=N[C@@H]1CCN(C(=O)O)C[C@H]1O. The summed E-state index contributed by atoms with van der Waals surface area (Å²) in [5.74, 6) is 0. The van der Waals surface area contributed by atoms with Crippen molar-refractivity contribution in [3.8, 4) is 0 Å². The second-order valence-corrected chi connectivity index (χ2v) is 2.86. The predicted octanol–water partition coefficient (Wildman–Crippen LogP) is 0.410. The fourth-order valence-corrected chi connectivity index (χ4v) is 1.29. The van der Waals surface area contributed by atoms with Gasteiger partial charge < -0.3 is 15.1 Å². The Morgan fingerprint density at radius 2 is 2.38 bits per heavy atom.